The smallest absolute Gasteiger partial charge is 0.260 e. The van der Waals surface area contributed by atoms with Gasteiger partial charge in [-0.1, -0.05) is 35.1 Å². The van der Waals surface area contributed by atoms with E-state index in [1.54, 1.807) is 41.6 Å². The summed E-state index contributed by atoms with van der Waals surface area (Å²) in [6, 6.07) is 14.2. The Bertz CT molecular complexity index is 1240. The summed E-state index contributed by atoms with van der Waals surface area (Å²) in [5.41, 5.74) is 3.68. The van der Waals surface area contributed by atoms with Gasteiger partial charge in [-0.2, -0.15) is 0 Å². The molecule has 5 nitrogen and oxygen atoms in total. The van der Waals surface area contributed by atoms with Crippen LogP contribution < -0.4 is 4.90 Å². The van der Waals surface area contributed by atoms with Crippen LogP contribution in [-0.2, 0) is 6.54 Å². The third kappa shape index (κ3) is 3.97. The van der Waals surface area contributed by atoms with E-state index in [-0.39, 0.29) is 11.7 Å². The number of thiazole rings is 1. The number of carbonyl (C=O) groups is 2. The zero-order chi connectivity index (χ0) is 21.3. The van der Waals surface area contributed by atoms with Crippen LogP contribution in [0.25, 0.3) is 10.2 Å². The second-order valence-corrected chi connectivity index (χ2v) is 8.31. The Morgan fingerprint density at radius 2 is 1.67 bits per heavy atom. The summed E-state index contributed by atoms with van der Waals surface area (Å²) in [5.74, 6) is -0.231. The van der Waals surface area contributed by atoms with Crippen molar-refractivity contribution in [3.05, 3.63) is 88.2 Å². The average molecular weight is 436 g/mol. The predicted octanol–water partition coefficient (Wildman–Crippen LogP) is 5.70. The number of aryl methyl sites for hydroxylation is 1. The van der Waals surface area contributed by atoms with Gasteiger partial charge in [-0.05, 0) is 61.4 Å². The number of pyridine rings is 1. The van der Waals surface area contributed by atoms with Crippen molar-refractivity contribution in [2.75, 3.05) is 4.90 Å². The molecule has 0 unspecified atom stereocenters. The Morgan fingerprint density at radius 3 is 2.33 bits per heavy atom. The van der Waals surface area contributed by atoms with Gasteiger partial charge >= 0.3 is 0 Å². The molecular formula is C23H18ClN3O2S. The Hall–Kier alpha value is -3.09. The number of carbonyl (C=O) groups excluding carboxylic acids is 2. The zero-order valence-corrected chi connectivity index (χ0v) is 18.0. The van der Waals surface area contributed by atoms with Gasteiger partial charge in [0, 0.05) is 28.5 Å². The van der Waals surface area contributed by atoms with Gasteiger partial charge in [-0.25, -0.2) is 4.98 Å². The van der Waals surface area contributed by atoms with Crippen molar-refractivity contribution in [2.45, 2.75) is 20.4 Å². The molecule has 4 aromatic rings. The van der Waals surface area contributed by atoms with Gasteiger partial charge < -0.3 is 0 Å². The summed E-state index contributed by atoms with van der Waals surface area (Å²) in [5, 5.41) is 1.24. The van der Waals surface area contributed by atoms with Gasteiger partial charge in [-0.3, -0.25) is 19.5 Å². The van der Waals surface area contributed by atoms with Crippen LogP contribution in [0.2, 0.25) is 5.02 Å². The third-order valence-corrected chi connectivity index (χ3v) is 6.29. The SMILES string of the molecule is CC(=O)c1ccc(C(=O)N(Cc2ccncc2)c2nc3c(C)c(Cl)ccc3s2)cc1. The molecule has 150 valence electrons. The van der Waals surface area contributed by atoms with Crippen LogP contribution in [0, 0.1) is 6.92 Å². The minimum Gasteiger partial charge on any atom is -0.295 e. The van der Waals surface area contributed by atoms with E-state index < -0.39 is 0 Å². The highest BCUT2D eigenvalue weighted by Gasteiger charge is 2.22. The molecule has 1 amide bonds. The molecule has 0 saturated heterocycles. The molecule has 2 heterocycles. The summed E-state index contributed by atoms with van der Waals surface area (Å²) < 4.78 is 0.964. The van der Waals surface area contributed by atoms with Crippen LogP contribution >= 0.6 is 22.9 Å². The fourth-order valence-electron chi connectivity index (χ4n) is 3.10. The van der Waals surface area contributed by atoms with Crippen molar-refractivity contribution in [3.8, 4) is 0 Å². The normalized spacial score (nSPS) is 10.9. The maximum Gasteiger partial charge on any atom is 0.260 e. The molecule has 0 aliphatic heterocycles. The highest BCUT2D eigenvalue weighted by atomic mass is 35.5. The molecular weight excluding hydrogens is 418 g/mol. The Labute approximate surface area is 183 Å². The highest BCUT2D eigenvalue weighted by Crippen LogP contribution is 2.34. The van der Waals surface area contributed by atoms with Crippen LogP contribution in [0.3, 0.4) is 0 Å². The summed E-state index contributed by atoms with van der Waals surface area (Å²) in [4.78, 5) is 35.4. The first-order chi connectivity index (χ1) is 14.4. The fraction of sp³-hybridized carbons (Fsp3) is 0.130. The molecule has 0 N–H and O–H groups in total. The maximum absolute atomic E-state index is 13.4. The lowest BCUT2D eigenvalue weighted by atomic mass is 10.1. The lowest BCUT2D eigenvalue weighted by molar-refractivity contribution is 0.0981. The number of aromatic nitrogens is 2. The van der Waals surface area contributed by atoms with Gasteiger partial charge in [0.15, 0.2) is 10.9 Å². The second kappa shape index (κ2) is 8.34. The van der Waals surface area contributed by atoms with Gasteiger partial charge in [-0.15, -0.1) is 0 Å². The molecule has 7 heteroatoms. The topological polar surface area (TPSA) is 63.2 Å². The second-order valence-electron chi connectivity index (χ2n) is 6.90. The number of halogens is 1. The molecule has 0 spiro atoms. The van der Waals surface area contributed by atoms with Gasteiger partial charge in [0.2, 0.25) is 0 Å². The van der Waals surface area contributed by atoms with Crippen molar-refractivity contribution >= 4 is 50.0 Å². The average Bonchev–Trinajstić information content (AvgIpc) is 3.20. The number of ketones is 1. The van der Waals surface area contributed by atoms with E-state index in [4.69, 9.17) is 16.6 Å². The maximum atomic E-state index is 13.4. The van der Waals surface area contributed by atoms with Crippen molar-refractivity contribution < 1.29 is 9.59 Å². The van der Waals surface area contributed by atoms with Crippen molar-refractivity contribution in [2.24, 2.45) is 0 Å². The number of rotatable bonds is 5. The fourth-order valence-corrected chi connectivity index (χ4v) is 4.28. The number of Topliss-reactive ketones (excluding diaryl/α,β-unsaturated/α-hetero) is 1. The molecule has 0 fully saturated rings. The highest BCUT2D eigenvalue weighted by molar-refractivity contribution is 7.22. The number of hydrogen-bond donors (Lipinski definition) is 0. The number of nitrogens with zero attached hydrogens (tertiary/aromatic N) is 3. The molecule has 0 atom stereocenters. The number of fused-ring (bicyclic) bond motifs is 1. The molecule has 2 aromatic carbocycles. The summed E-state index contributed by atoms with van der Waals surface area (Å²) in [7, 11) is 0. The predicted molar refractivity (Wildman–Crippen MR) is 121 cm³/mol. The zero-order valence-electron chi connectivity index (χ0n) is 16.4. The van der Waals surface area contributed by atoms with Crippen molar-refractivity contribution in [1.29, 1.82) is 0 Å². The van der Waals surface area contributed by atoms with Crippen LogP contribution in [0.15, 0.2) is 60.9 Å². The van der Waals surface area contributed by atoms with E-state index in [0.717, 1.165) is 21.3 Å². The first-order valence-corrected chi connectivity index (χ1v) is 10.5. The van der Waals surface area contributed by atoms with Crippen LogP contribution in [-0.4, -0.2) is 21.7 Å². The molecule has 0 aliphatic carbocycles. The number of anilines is 1. The molecule has 30 heavy (non-hydrogen) atoms. The van der Waals surface area contributed by atoms with E-state index in [0.29, 0.717) is 27.8 Å². The lowest BCUT2D eigenvalue weighted by Crippen LogP contribution is -2.30. The van der Waals surface area contributed by atoms with E-state index in [9.17, 15) is 9.59 Å². The first-order valence-electron chi connectivity index (χ1n) is 9.31. The Kier molecular flexibility index (Phi) is 5.61. The van der Waals surface area contributed by atoms with Crippen molar-refractivity contribution in [1.82, 2.24) is 9.97 Å². The van der Waals surface area contributed by atoms with Crippen molar-refractivity contribution in [3.63, 3.8) is 0 Å². The third-order valence-electron chi connectivity index (χ3n) is 4.84. The van der Waals surface area contributed by atoms with E-state index in [1.807, 2.05) is 31.2 Å². The Morgan fingerprint density at radius 1 is 1.00 bits per heavy atom. The molecule has 0 saturated carbocycles. The molecule has 2 aromatic heterocycles. The summed E-state index contributed by atoms with van der Waals surface area (Å²) in [6.45, 7) is 3.77. The molecule has 0 aliphatic rings. The molecule has 0 bridgehead atoms. The van der Waals surface area contributed by atoms with Gasteiger partial charge in [0.05, 0.1) is 16.8 Å². The van der Waals surface area contributed by atoms with Crippen LogP contribution in [0.1, 0.15) is 38.8 Å². The quantitative estimate of drug-likeness (QED) is 0.377. The van der Waals surface area contributed by atoms with E-state index >= 15 is 0 Å². The summed E-state index contributed by atoms with van der Waals surface area (Å²) in [6.07, 6.45) is 3.39. The van der Waals surface area contributed by atoms with Gasteiger partial charge in [0.1, 0.15) is 0 Å². The number of amides is 1. The lowest BCUT2D eigenvalue weighted by Gasteiger charge is -2.20. The van der Waals surface area contributed by atoms with Gasteiger partial charge in [0.25, 0.3) is 5.91 Å². The Balaban J connectivity index is 1.77. The minimum atomic E-state index is -0.190. The summed E-state index contributed by atoms with van der Waals surface area (Å²) >= 11 is 7.70. The standard InChI is InChI=1S/C23H18ClN3O2S/c1-14-19(24)7-8-20-21(14)26-23(30-20)27(13-16-9-11-25-12-10-16)22(29)18-5-3-17(4-6-18)15(2)28/h3-12H,13H2,1-2H3. The largest absolute Gasteiger partial charge is 0.295 e. The number of benzene rings is 2. The molecule has 0 radical (unpaired) electrons. The van der Waals surface area contributed by atoms with E-state index in [2.05, 4.69) is 4.98 Å². The van der Waals surface area contributed by atoms with Crippen LogP contribution in [0.4, 0.5) is 5.13 Å². The monoisotopic (exact) mass is 435 g/mol. The van der Waals surface area contributed by atoms with Crippen LogP contribution in [0.5, 0.6) is 0 Å². The molecule has 4 rings (SSSR count). The van der Waals surface area contributed by atoms with E-state index in [1.165, 1.54) is 18.3 Å². The minimum absolute atomic E-state index is 0.0406. The first kappa shape index (κ1) is 20.2. The number of hydrogen-bond acceptors (Lipinski definition) is 5.